The topological polar surface area (TPSA) is 0 Å². The van der Waals surface area contributed by atoms with Gasteiger partial charge in [0.2, 0.25) is 0 Å². The second kappa shape index (κ2) is 3.71. The van der Waals surface area contributed by atoms with Crippen LogP contribution in [-0.4, -0.2) is 0 Å². The van der Waals surface area contributed by atoms with Crippen LogP contribution in [0.5, 0.6) is 0 Å². The minimum atomic E-state index is 0.455. The zero-order valence-electron chi connectivity index (χ0n) is 10.1. The first-order valence-electron chi connectivity index (χ1n) is 6.47. The van der Waals surface area contributed by atoms with E-state index in [1.165, 1.54) is 22.3 Å². The molecule has 0 aliphatic heterocycles. The minimum absolute atomic E-state index is 0.455. The second-order valence-corrected chi connectivity index (χ2v) is 5.02. The summed E-state index contributed by atoms with van der Waals surface area (Å²) in [5, 5.41) is 0. The summed E-state index contributed by atoms with van der Waals surface area (Å²) >= 11 is 0. The molecule has 0 spiro atoms. The van der Waals surface area contributed by atoms with Gasteiger partial charge in [-0.1, -0.05) is 72.9 Å². The Morgan fingerprint density at radius 2 is 1.72 bits per heavy atom. The van der Waals surface area contributed by atoms with Crippen molar-refractivity contribution < 1.29 is 0 Å². The standard InChI is InChI=1S/C18H14/c1-3-7-15-13(5-1)9-11-17(15)18-12-10-14-6-2-4-8-16(14)18/h1-12,15,18H. The van der Waals surface area contributed by atoms with Crippen LogP contribution in [0.3, 0.4) is 0 Å². The molecule has 0 bridgehead atoms. The van der Waals surface area contributed by atoms with Crippen LogP contribution in [0, 0.1) is 5.92 Å². The number of benzene rings is 1. The molecule has 4 rings (SSSR count). The maximum absolute atomic E-state index is 2.33. The van der Waals surface area contributed by atoms with Crippen molar-refractivity contribution in [2.24, 2.45) is 5.92 Å². The first-order chi connectivity index (χ1) is 8.93. The SMILES string of the molecule is C1=CC2=CC=C(C3C=Cc4ccccc43)C2C=C1. The zero-order chi connectivity index (χ0) is 11.9. The Kier molecular flexibility index (Phi) is 2.04. The molecular weight excluding hydrogens is 216 g/mol. The van der Waals surface area contributed by atoms with E-state index in [0.717, 1.165) is 0 Å². The van der Waals surface area contributed by atoms with Gasteiger partial charge in [0.05, 0.1) is 0 Å². The molecule has 18 heavy (non-hydrogen) atoms. The van der Waals surface area contributed by atoms with Gasteiger partial charge in [0, 0.05) is 11.8 Å². The van der Waals surface area contributed by atoms with Gasteiger partial charge in [-0.15, -0.1) is 0 Å². The van der Waals surface area contributed by atoms with Crippen molar-refractivity contribution in [1.29, 1.82) is 0 Å². The smallest absolute Gasteiger partial charge is 0.0249 e. The van der Waals surface area contributed by atoms with Gasteiger partial charge in [-0.05, 0) is 22.3 Å². The normalized spacial score (nSPS) is 26.9. The van der Waals surface area contributed by atoms with Crippen LogP contribution in [0.15, 0.2) is 77.9 Å². The Hall–Kier alpha value is -2.08. The molecule has 1 aromatic rings. The first-order valence-corrected chi connectivity index (χ1v) is 6.47. The predicted octanol–water partition coefficient (Wildman–Crippen LogP) is 4.41. The molecule has 3 aliphatic rings. The summed E-state index contributed by atoms with van der Waals surface area (Å²) in [6.45, 7) is 0. The molecule has 0 radical (unpaired) electrons. The zero-order valence-corrected chi connectivity index (χ0v) is 10.1. The van der Waals surface area contributed by atoms with Crippen molar-refractivity contribution in [2.45, 2.75) is 5.92 Å². The summed E-state index contributed by atoms with van der Waals surface area (Å²) in [6.07, 6.45) is 18.0. The van der Waals surface area contributed by atoms with E-state index in [0.29, 0.717) is 11.8 Å². The highest BCUT2D eigenvalue weighted by atomic mass is 14.3. The van der Waals surface area contributed by atoms with Gasteiger partial charge in [-0.25, -0.2) is 0 Å². The highest BCUT2D eigenvalue weighted by Crippen LogP contribution is 2.44. The largest absolute Gasteiger partial charge is 0.0729 e. The van der Waals surface area contributed by atoms with Crippen LogP contribution in [0.25, 0.3) is 6.08 Å². The minimum Gasteiger partial charge on any atom is -0.0729 e. The first kappa shape index (κ1) is 9.90. The lowest BCUT2D eigenvalue weighted by atomic mass is 9.82. The molecule has 0 amide bonds. The molecule has 0 heterocycles. The fraction of sp³-hybridized carbons (Fsp3) is 0.111. The molecular formula is C18H14. The molecule has 2 atom stereocenters. The summed E-state index contributed by atoms with van der Waals surface area (Å²) in [5.74, 6) is 0.937. The lowest BCUT2D eigenvalue weighted by Gasteiger charge is -2.21. The van der Waals surface area contributed by atoms with E-state index in [2.05, 4.69) is 72.9 Å². The summed E-state index contributed by atoms with van der Waals surface area (Å²) in [6, 6.07) is 8.70. The van der Waals surface area contributed by atoms with E-state index in [4.69, 9.17) is 0 Å². The maximum Gasteiger partial charge on any atom is 0.0249 e. The number of hydrogen-bond donors (Lipinski definition) is 0. The summed E-state index contributed by atoms with van der Waals surface area (Å²) < 4.78 is 0. The number of rotatable bonds is 1. The fourth-order valence-electron chi connectivity index (χ4n) is 3.15. The van der Waals surface area contributed by atoms with Gasteiger partial charge in [-0.2, -0.15) is 0 Å². The van der Waals surface area contributed by atoms with Crippen molar-refractivity contribution in [3.05, 3.63) is 89.1 Å². The van der Waals surface area contributed by atoms with E-state index >= 15 is 0 Å². The average molecular weight is 230 g/mol. The monoisotopic (exact) mass is 230 g/mol. The van der Waals surface area contributed by atoms with Gasteiger partial charge >= 0.3 is 0 Å². The van der Waals surface area contributed by atoms with Crippen LogP contribution in [0.1, 0.15) is 17.0 Å². The summed E-state index contributed by atoms with van der Waals surface area (Å²) in [5.41, 5.74) is 5.74. The summed E-state index contributed by atoms with van der Waals surface area (Å²) in [4.78, 5) is 0. The molecule has 2 unspecified atom stereocenters. The van der Waals surface area contributed by atoms with Gasteiger partial charge in [-0.3, -0.25) is 0 Å². The molecule has 0 saturated heterocycles. The van der Waals surface area contributed by atoms with E-state index in [1.807, 2.05) is 0 Å². The van der Waals surface area contributed by atoms with E-state index in [1.54, 1.807) is 0 Å². The third-order valence-electron chi connectivity index (χ3n) is 4.05. The van der Waals surface area contributed by atoms with Crippen molar-refractivity contribution in [3.63, 3.8) is 0 Å². The Morgan fingerprint density at radius 3 is 2.72 bits per heavy atom. The molecule has 0 aromatic heterocycles. The van der Waals surface area contributed by atoms with Crippen LogP contribution in [0.4, 0.5) is 0 Å². The molecule has 3 aliphatic carbocycles. The van der Waals surface area contributed by atoms with E-state index in [9.17, 15) is 0 Å². The molecule has 0 saturated carbocycles. The van der Waals surface area contributed by atoms with Crippen LogP contribution in [0.2, 0.25) is 0 Å². The number of hydrogen-bond acceptors (Lipinski definition) is 0. The van der Waals surface area contributed by atoms with Crippen molar-refractivity contribution in [1.82, 2.24) is 0 Å². The third kappa shape index (κ3) is 1.32. The fourth-order valence-corrected chi connectivity index (χ4v) is 3.15. The van der Waals surface area contributed by atoms with E-state index in [-0.39, 0.29) is 0 Å². The highest BCUT2D eigenvalue weighted by molar-refractivity contribution is 5.67. The lowest BCUT2D eigenvalue weighted by molar-refractivity contribution is 0.836. The lowest BCUT2D eigenvalue weighted by Crippen LogP contribution is -2.08. The maximum atomic E-state index is 2.33. The Morgan fingerprint density at radius 1 is 0.778 bits per heavy atom. The van der Waals surface area contributed by atoms with Crippen molar-refractivity contribution in [3.8, 4) is 0 Å². The average Bonchev–Trinajstić information content (AvgIpc) is 3.01. The second-order valence-electron chi connectivity index (χ2n) is 5.02. The van der Waals surface area contributed by atoms with Crippen molar-refractivity contribution in [2.75, 3.05) is 0 Å². The number of allylic oxidation sites excluding steroid dienone is 9. The Bertz CT molecular complexity index is 650. The van der Waals surface area contributed by atoms with Gasteiger partial charge in [0.15, 0.2) is 0 Å². The number of fused-ring (bicyclic) bond motifs is 2. The Balaban J connectivity index is 1.74. The summed E-state index contributed by atoms with van der Waals surface area (Å²) in [7, 11) is 0. The Labute approximate surface area is 107 Å². The van der Waals surface area contributed by atoms with Crippen LogP contribution >= 0.6 is 0 Å². The molecule has 1 aromatic carbocycles. The van der Waals surface area contributed by atoms with Crippen LogP contribution < -0.4 is 0 Å². The third-order valence-corrected chi connectivity index (χ3v) is 4.05. The molecule has 86 valence electrons. The van der Waals surface area contributed by atoms with E-state index < -0.39 is 0 Å². The molecule has 0 fully saturated rings. The highest BCUT2D eigenvalue weighted by Gasteiger charge is 2.29. The van der Waals surface area contributed by atoms with Gasteiger partial charge in [0.25, 0.3) is 0 Å². The predicted molar refractivity (Wildman–Crippen MR) is 76.2 cm³/mol. The molecule has 0 nitrogen and oxygen atoms in total. The van der Waals surface area contributed by atoms with Crippen LogP contribution in [-0.2, 0) is 0 Å². The van der Waals surface area contributed by atoms with Crippen molar-refractivity contribution >= 4 is 6.08 Å². The van der Waals surface area contributed by atoms with Gasteiger partial charge < -0.3 is 0 Å². The van der Waals surface area contributed by atoms with Gasteiger partial charge in [0.1, 0.15) is 0 Å². The molecule has 0 heteroatoms. The quantitative estimate of drug-likeness (QED) is 0.670. The molecule has 0 N–H and O–H groups in total.